The van der Waals surface area contributed by atoms with Crippen LogP contribution in [0.2, 0.25) is 0 Å². The Morgan fingerprint density at radius 2 is 1.47 bits per heavy atom. The lowest BCUT2D eigenvalue weighted by atomic mass is 10.00. The maximum atomic E-state index is 13.1. The van der Waals surface area contributed by atoms with Crippen molar-refractivity contribution < 1.29 is 29.4 Å². The molecule has 0 radical (unpaired) electrons. The molecule has 11 heteroatoms. The number of carbonyl (C=O) groups is 4. The lowest BCUT2D eigenvalue weighted by Gasteiger charge is -2.27. The summed E-state index contributed by atoms with van der Waals surface area (Å²) in [7, 11) is 0. The number of aromatic hydroxyl groups is 1. The number of nitrogens with one attached hydrogen (secondary N) is 3. The zero-order chi connectivity index (χ0) is 25.8. The monoisotopic (exact) mass is 479 g/mol. The van der Waals surface area contributed by atoms with Crippen LogP contribution >= 0.6 is 0 Å². The fourth-order valence-corrected chi connectivity index (χ4v) is 3.18. The second kappa shape index (κ2) is 14.2. The third kappa shape index (κ3) is 9.75. The Morgan fingerprint density at radius 3 is 1.97 bits per heavy atom. The average Bonchev–Trinajstić information content (AvgIpc) is 2.76. The van der Waals surface area contributed by atoms with Gasteiger partial charge in [-0.05, 0) is 56.3 Å². The Morgan fingerprint density at radius 1 is 0.882 bits per heavy atom. The number of carbonyl (C=O) groups excluding carboxylic acids is 3. The van der Waals surface area contributed by atoms with Crippen molar-refractivity contribution in [2.75, 3.05) is 6.54 Å². The number of unbranched alkanes of at least 4 members (excludes halogenated alkanes) is 1. The largest absolute Gasteiger partial charge is 0.508 e. The summed E-state index contributed by atoms with van der Waals surface area (Å²) in [5.74, 6) is -3.28. The van der Waals surface area contributed by atoms with Gasteiger partial charge in [0.2, 0.25) is 17.7 Å². The third-order valence-electron chi connectivity index (χ3n) is 5.23. The first kappa shape index (κ1) is 28.9. The summed E-state index contributed by atoms with van der Waals surface area (Å²) in [5.41, 5.74) is 11.7. The van der Waals surface area contributed by atoms with Crippen LogP contribution in [0.15, 0.2) is 24.3 Å². The molecule has 4 unspecified atom stereocenters. The molecule has 4 atom stereocenters. The van der Waals surface area contributed by atoms with Gasteiger partial charge in [-0.2, -0.15) is 0 Å². The maximum absolute atomic E-state index is 13.1. The molecule has 0 aliphatic rings. The van der Waals surface area contributed by atoms with E-state index in [2.05, 4.69) is 16.0 Å². The first-order valence-electron chi connectivity index (χ1n) is 11.3. The average molecular weight is 480 g/mol. The summed E-state index contributed by atoms with van der Waals surface area (Å²) >= 11 is 0. The van der Waals surface area contributed by atoms with Crippen LogP contribution in [-0.2, 0) is 25.6 Å². The molecule has 9 N–H and O–H groups in total. The third-order valence-corrected chi connectivity index (χ3v) is 5.23. The molecule has 190 valence electrons. The van der Waals surface area contributed by atoms with Crippen LogP contribution in [0.1, 0.15) is 45.6 Å². The summed E-state index contributed by atoms with van der Waals surface area (Å²) in [5, 5.41) is 26.6. The number of amides is 3. The van der Waals surface area contributed by atoms with Crippen LogP contribution in [-0.4, -0.2) is 64.6 Å². The predicted molar refractivity (Wildman–Crippen MR) is 127 cm³/mol. The fourth-order valence-electron chi connectivity index (χ4n) is 3.18. The van der Waals surface area contributed by atoms with E-state index in [1.165, 1.54) is 19.1 Å². The van der Waals surface area contributed by atoms with Crippen LogP contribution < -0.4 is 27.4 Å². The highest BCUT2D eigenvalue weighted by Gasteiger charge is 2.31. The highest BCUT2D eigenvalue weighted by molar-refractivity contribution is 5.94. The summed E-state index contributed by atoms with van der Waals surface area (Å²) in [6.07, 6.45) is 1.46. The predicted octanol–water partition coefficient (Wildman–Crippen LogP) is -0.394. The Balaban J connectivity index is 3.00. The van der Waals surface area contributed by atoms with Gasteiger partial charge in [-0.15, -0.1) is 0 Å². The van der Waals surface area contributed by atoms with Crippen LogP contribution in [0.3, 0.4) is 0 Å². The van der Waals surface area contributed by atoms with Crippen molar-refractivity contribution in [3.05, 3.63) is 29.8 Å². The molecule has 0 aliphatic heterocycles. The van der Waals surface area contributed by atoms with Crippen molar-refractivity contribution in [2.45, 2.75) is 70.6 Å². The molecule has 34 heavy (non-hydrogen) atoms. The van der Waals surface area contributed by atoms with Gasteiger partial charge in [-0.3, -0.25) is 14.4 Å². The van der Waals surface area contributed by atoms with Gasteiger partial charge in [-0.1, -0.05) is 26.0 Å². The van der Waals surface area contributed by atoms with Gasteiger partial charge in [0.05, 0.1) is 6.04 Å². The van der Waals surface area contributed by atoms with E-state index in [4.69, 9.17) is 11.5 Å². The molecule has 0 fully saturated rings. The van der Waals surface area contributed by atoms with Gasteiger partial charge in [0.25, 0.3) is 0 Å². The minimum Gasteiger partial charge on any atom is -0.508 e. The van der Waals surface area contributed by atoms with Crippen LogP contribution in [0.4, 0.5) is 0 Å². The van der Waals surface area contributed by atoms with E-state index in [0.717, 1.165) is 0 Å². The van der Waals surface area contributed by atoms with Gasteiger partial charge >= 0.3 is 5.97 Å². The van der Waals surface area contributed by atoms with Crippen molar-refractivity contribution >= 4 is 23.7 Å². The van der Waals surface area contributed by atoms with E-state index >= 15 is 0 Å². The van der Waals surface area contributed by atoms with E-state index < -0.39 is 47.9 Å². The molecule has 3 amide bonds. The number of phenolic OH excluding ortho intramolecular Hbond substituents is 1. The number of carboxylic acid groups (broad SMARTS) is 1. The van der Waals surface area contributed by atoms with Gasteiger partial charge in [0.15, 0.2) is 0 Å². The molecule has 1 rings (SSSR count). The quantitative estimate of drug-likeness (QED) is 0.175. The van der Waals surface area contributed by atoms with Gasteiger partial charge in [0.1, 0.15) is 23.9 Å². The minimum atomic E-state index is -1.17. The van der Waals surface area contributed by atoms with Crippen molar-refractivity contribution in [3.8, 4) is 5.75 Å². The Kier molecular flexibility index (Phi) is 12.0. The SMILES string of the molecule is CC(N)C(=O)NC(Cc1ccc(O)cc1)C(=O)NC(C(=O)NC(CCCCN)C(=O)O)C(C)C. The molecule has 1 aromatic rings. The van der Waals surface area contributed by atoms with Crippen LogP contribution in [0, 0.1) is 5.92 Å². The molecule has 0 spiro atoms. The number of hydrogen-bond acceptors (Lipinski definition) is 7. The van der Waals surface area contributed by atoms with Crippen LogP contribution in [0.25, 0.3) is 0 Å². The normalized spacial score (nSPS) is 14.5. The Hall–Kier alpha value is -3.18. The van der Waals surface area contributed by atoms with E-state index in [0.29, 0.717) is 24.9 Å². The highest BCUT2D eigenvalue weighted by atomic mass is 16.4. The van der Waals surface area contributed by atoms with Gasteiger partial charge in [0, 0.05) is 6.42 Å². The fraction of sp³-hybridized carbons (Fsp3) is 0.565. The molecule has 0 saturated heterocycles. The number of hydrogen-bond donors (Lipinski definition) is 7. The van der Waals surface area contributed by atoms with E-state index in [-0.39, 0.29) is 24.5 Å². The van der Waals surface area contributed by atoms with E-state index in [9.17, 15) is 29.4 Å². The lowest BCUT2D eigenvalue weighted by molar-refractivity contribution is -0.142. The molecule has 0 aromatic heterocycles. The minimum absolute atomic E-state index is 0.0559. The Labute approximate surface area is 199 Å². The summed E-state index contributed by atoms with van der Waals surface area (Å²) in [6.45, 7) is 5.32. The first-order chi connectivity index (χ1) is 16.0. The Bertz CT molecular complexity index is 828. The molecule has 0 bridgehead atoms. The molecule has 11 nitrogen and oxygen atoms in total. The van der Waals surface area contributed by atoms with Crippen molar-refractivity contribution in [2.24, 2.45) is 17.4 Å². The summed E-state index contributed by atoms with van der Waals surface area (Å²) in [4.78, 5) is 49.7. The number of carboxylic acids is 1. The van der Waals surface area contributed by atoms with E-state index in [1.807, 2.05) is 0 Å². The first-order valence-corrected chi connectivity index (χ1v) is 11.3. The molecule has 0 aliphatic carbocycles. The number of benzene rings is 1. The summed E-state index contributed by atoms with van der Waals surface area (Å²) in [6, 6.07) is 2.09. The van der Waals surface area contributed by atoms with Crippen LogP contribution in [0.5, 0.6) is 5.75 Å². The van der Waals surface area contributed by atoms with Crippen molar-refractivity contribution in [1.29, 1.82) is 0 Å². The second-order valence-corrected chi connectivity index (χ2v) is 8.63. The highest BCUT2D eigenvalue weighted by Crippen LogP contribution is 2.12. The topological polar surface area (TPSA) is 197 Å². The number of aliphatic carboxylic acids is 1. The lowest BCUT2D eigenvalue weighted by Crippen LogP contribution is -2.58. The van der Waals surface area contributed by atoms with Crippen molar-refractivity contribution in [1.82, 2.24) is 16.0 Å². The zero-order valence-electron chi connectivity index (χ0n) is 19.9. The van der Waals surface area contributed by atoms with Gasteiger partial charge in [-0.25, -0.2) is 4.79 Å². The van der Waals surface area contributed by atoms with Gasteiger partial charge < -0.3 is 37.6 Å². The van der Waals surface area contributed by atoms with E-state index in [1.54, 1.807) is 26.0 Å². The molecule has 0 saturated carbocycles. The van der Waals surface area contributed by atoms with Crippen molar-refractivity contribution in [3.63, 3.8) is 0 Å². The molecular weight excluding hydrogens is 442 g/mol. The summed E-state index contributed by atoms with van der Waals surface area (Å²) < 4.78 is 0. The number of nitrogens with two attached hydrogens (primary N) is 2. The molecular formula is C23H37N5O6. The standard InChI is InChI=1S/C23H37N5O6/c1-13(2)19(22(32)26-17(23(33)34)6-4-5-11-24)28-21(31)18(27-20(30)14(3)25)12-15-7-9-16(29)10-8-15/h7-10,13-14,17-19,29H,4-6,11-12,24-25H2,1-3H3,(H,26,32)(H,27,30)(H,28,31)(H,33,34). The molecule has 0 heterocycles. The molecule has 1 aromatic carbocycles. The number of rotatable bonds is 14. The number of phenols is 1. The second-order valence-electron chi connectivity index (χ2n) is 8.63. The smallest absolute Gasteiger partial charge is 0.326 e. The zero-order valence-corrected chi connectivity index (χ0v) is 19.9. The maximum Gasteiger partial charge on any atom is 0.326 e.